The molecule has 1 saturated carbocycles. The second-order valence-electron chi connectivity index (χ2n) is 6.47. The second kappa shape index (κ2) is 5.61. The SMILES string of the molecule is Nc1cccc(CN2C(=O)[C@H]3CCC[C@H]3Nc3ccccc32)c1. The molecule has 0 bridgehead atoms. The van der Waals surface area contributed by atoms with E-state index < -0.39 is 0 Å². The summed E-state index contributed by atoms with van der Waals surface area (Å²) in [4.78, 5) is 15.1. The molecule has 118 valence electrons. The van der Waals surface area contributed by atoms with Gasteiger partial charge >= 0.3 is 0 Å². The molecule has 1 heterocycles. The summed E-state index contributed by atoms with van der Waals surface area (Å²) >= 11 is 0. The lowest BCUT2D eigenvalue weighted by molar-refractivity contribution is -0.122. The summed E-state index contributed by atoms with van der Waals surface area (Å²) in [6.07, 6.45) is 3.15. The van der Waals surface area contributed by atoms with Crippen molar-refractivity contribution < 1.29 is 4.79 Å². The Kier molecular flexibility index (Phi) is 3.45. The number of rotatable bonds is 2. The average Bonchev–Trinajstić information content (AvgIpc) is 2.97. The lowest BCUT2D eigenvalue weighted by Crippen LogP contribution is -2.38. The molecule has 0 radical (unpaired) electrons. The zero-order valence-electron chi connectivity index (χ0n) is 13.0. The molecule has 1 aliphatic heterocycles. The van der Waals surface area contributed by atoms with Crippen molar-refractivity contribution >= 4 is 23.0 Å². The third-order valence-corrected chi connectivity index (χ3v) is 4.93. The van der Waals surface area contributed by atoms with Gasteiger partial charge in [-0.05, 0) is 42.7 Å². The van der Waals surface area contributed by atoms with Gasteiger partial charge in [-0.1, -0.05) is 30.7 Å². The quantitative estimate of drug-likeness (QED) is 0.836. The van der Waals surface area contributed by atoms with Crippen molar-refractivity contribution in [1.82, 2.24) is 0 Å². The minimum atomic E-state index is 0.0726. The largest absolute Gasteiger partial charge is 0.399 e. The second-order valence-corrected chi connectivity index (χ2v) is 6.47. The summed E-state index contributed by atoms with van der Waals surface area (Å²) in [6, 6.07) is 16.1. The molecule has 2 aliphatic rings. The van der Waals surface area contributed by atoms with E-state index in [0.717, 1.165) is 41.9 Å². The fourth-order valence-corrected chi connectivity index (χ4v) is 3.82. The first kappa shape index (κ1) is 14.1. The number of nitrogens with zero attached hydrogens (tertiary/aromatic N) is 1. The van der Waals surface area contributed by atoms with Crippen LogP contribution in [-0.2, 0) is 11.3 Å². The molecule has 0 saturated heterocycles. The normalized spacial score (nSPS) is 23.0. The van der Waals surface area contributed by atoms with Crippen LogP contribution in [-0.4, -0.2) is 11.9 Å². The maximum atomic E-state index is 13.1. The Bertz CT molecular complexity index is 743. The molecule has 2 aromatic carbocycles. The molecule has 0 aromatic heterocycles. The number of nitrogens with one attached hydrogen (secondary N) is 1. The van der Waals surface area contributed by atoms with Gasteiger partial charge in [0.05, 0.1) is 23.8 Å². The molecule has 0 unspecified atom stereocenters. The number of anilines is 3. The Labute approximate surface area is 136 Å². The van der Waals surface area contributed by atoms with Crippen molar-refractivity contribution in [2.24, 2.45) is 5.92 Å². The van der Waals surface area contributed by atoms with Gasteiger partial charge in [-0.15, -0.1) is 0 Å². The molecule has 1 amide bonds. The first-order chi connectivity index (χ1) is 11.2. The monoisotopic (exact) mass is 307 g/mol. The van der Waals surface area contributed by atoms with Crippen LogP contribution in [0.15, 0.2) is 48.5 Å². The van der Waals surface area contributed by atoms with Gasteiger partial charge in [0.2, 0.25) is 5.91 Å². The lowest BCUT2D eigenvalue weighted by atomic mass is 10.0. The highest BCUT2D eigenvalue weighted by molar-refractivity contribution is 6.00. The smallest absolute Gasteiger partial charge is 0.232 e. The Morgan fingerprint density at radius 1 is 1.13 bits per heavy atom. The number of nitrogen functional groups attached to an aromatic ring is 1. The summed E-state index contributed by atoms with van der Waals surface area (Å²) < 4.78 is 0. The van der Waals surface area contributed by atoms with Crippen LogP contribution in [0.2, 0.25) is 0 Å². The number of para-hydroxylation sites is 2. The summed E-state index contributed by atoms with van der Waals surface area (Å²) in [5.41, 5.74) is 9.71. The summed E-state index contributed by atoms with van der Waals surface area (Å²) in [7, 11) is 0. The number of hydrogen-bond donors (Lipinski definition) is 2. The maximum Gasteiger partial charge on any atom is 0.232 e. The third-order valence-electron chi connectivity index (χ3n) is 4.93. The van der Waals surface area contributed by atoms with E-state index in [-0.39, 0.29) is 17.9 Å². The van der Waals surface area contributed by atoms with Crippen molar-refractivity contribution in [1.29, 1.82) is 0 Å². The van der Waals surface area contributed by atoms with Crippen molar-refractivity contribution in [3.8, 4) is 0 Å². The number of hydrogen-bond acceptors (Lipinski definition) is 3. The number of carbonyl (C=O) groups is 1. The number of nitrogens with two attached hydrogens (primary N) is 1. The third kappa shape index (κ3) is 2.54. The van der Waals surface area contributed by atoms with E-state index in [4.69, 9.17) is 5.73 Å². The molecule has 4 rings (SSSR count). The Balaban J connectivity index is 1.74. The number of amides is 1. The Morgan fingerprint density at radius 2 is 2.00 bits per heavy atom. The van der Waals surface area contributed by atoms with Gasteiger partial charge in [0.15, 0.2) is 0 Å². The Hall–Kier alpha value is -2.49. The predicted molar refractivity (Wildman–Crippen MR) is 93.2 cm³/mol. The first-order valence-corrected chi connectivity index (χ1v) is 8.24. The number of benzene rings is 2. The lowest BCUT2D eigenvalue weighted by Gasteiger charge is -2.25. The highest BCUT2D eigenvalue weighted by Gasteiger charge is 2.39. The highest BCUT2D eigenvalue weighted by atomic mass is 16.2. The van der Waals surface area contributed by atoms with E-state index in [9.17, 15) is 4.79 Å². The van der Waals surface area contributed by atoms with Crippen LogP contribution in [0.5, 0.6) is 0 Å². The van der Waals surface area contributed by atoms with Crippen molar-refractivity contribution in [2.75, 3.05) is 16.0 Å². The molecule has 4 nitrogen and oxygen atoms in total. The molecular weight excluding hydrogens is 286 g/mol. The van der Waals surface area contributed by atoms with Crippen LogP contribution >= 0.6 is 0 Å². The van der Waals surface area contributed by atoms with Gasteiger partial charge < -0.3 is 16.0 Å². The van der Waals surface area contributed by atoms with Gasteiger partial charge in [-0.25, -0.2) is 0 Å². The van der Waals surface area contributed by atoms with Crippen molar-refractivity contribution in [3.63, 3.8) is 0 Å². The topological polar surface area (TPSA) is 58.4 Å². The molecule has 3 N–H and O–H groups in total. The maximum absolute atomic E-state index is 13.1. The van der Waals surface area contributed by atoms with Crippen LogP contribution in [0.4, 0.5) is 17.1 Å². The fourth-order valence-electron chi connectivity index (χ4n) is 3.82. The van der Waals surface area contributed by atoms with E-state index >= 15 is 0 Å². The molecule has 2 atom stereocenters. The molecule has 0 spiro atoms. The summed E-state index contributed by atoms with van der Waals surface area (Å²) in [5, 5.41) is 3.59. The number of carbonyl (C=O) groups excluding carboxylic acids is 1. The molecule has 2 aromatic rings. The zero-order chi connectivity index (χ0) is 15.8. The van der Waals surface area contributed by atoms with Crippen LogP contribution < -0.4 is 16.0 Å². The molecule has 23 heavy (non-hydrogen) atoms. The minimum Gasteiger partial charge on any atom is -0.399 e. The van der Waals surface area contributed by atoms with Gasteiger partial charge in [-0.3, -0.25) is 4.79 Å². The zero-order valence-corrected chi connectivity index (χ0v) is 13.0. The van der Waals surface area contributed by atoms with E-state index in [1.165, 1.54) is 0 Å². The average molecular weight is 307 g/mol. The van der Waals surface area contributed by atoms with Crippen LogP contribution in [0.3, 0.4) is 0 Å². The van der Waals surface area contributed by atoms with E-state index in [1.807, 2.05) is 47.4 Å². The summed E-state index contributed by atoms with van der Waals surface area (Å²) in [5.74, 6) is 0.302. The van der Waals surface area contributed by atoms with E-state index in [2.05, 4.69) is 11.4 Å². The van der Waals surface area contributed by atoms with Crippen LogP contribution in [0.25, 0.3) is 0 Å². The molecule has 4 heteroatoms. The van der Waals surface area contributed by atoms with Crippen LogP contribution in [0, 0.1) is 5.92 Å². The van der Waals surface area contributed by atoms with Gasteiger partial charge in [0.1, 0.15) is 0 Å². The first-order valence-electron chi connectivity index (χ1n) is 8.24. The van der Waals surface area contributed by atoms with Gasteiger partial charge in [0.25, 0.3) is 0 Å². The molecule has 1 fully saturated rings. The minimum absolute atomic E-state index is 0.0726. The Morgan fingerprint density at radius 3 is 2.87 bits per heavy atom. The standard InChI is InChI=1S/C19H21N3O/c20-14-6-3-5-13(11-14)12-22-18-10-2-1-8-17(18)21-16-9-4-7-15(16)19(22)23/h1-3,5-6,8,10-11,15-16,21H,4,7,9,12,20H2/t15-,16+/m0/s1. The molecule has 1 aliphatic carbocycles. The van der Waals surface area contributed by atoms with E-state index in [1.54, 1.807) is 0 Å². The van der Waals surface area contributed by atoms with Crippen molar-refractivity contribution in [2.45, 2.75) is 31.8 Å². The number of fused-ring (bicyclic) bond motifs is 2. The fraction of sp³-hybridized carbons (Fsp3) is 0.316. The van der Waals surface area contributed by atoms with Crippen LogP contribution in [0.1, 0.15) is 24.8 Å². The molecular formula is C19H21N3O. The van der Waals surface area contributed by atoms with Crippen molar-refractivity contribution in [3.05, 3.63) is 54.1 Å². The predicted octanol–water partition coefficient (Wildman–Crippen LogP) is 3.40. The highest BCUT2D eigenvalue weighted by Crippen LogP contribution is 2.39. The van der Waals surface area contributed by atoms with E-state index in [0.29, 0.717) is 6.54 Å². The van der Waals surface area contributed by atoms with Gasteiger partial charge in [-0.2, -0.15) is 0 Å². The van der Waals surface area contributed by atoms with Gasteiger partial charge in [0, 0.05) is 11.7 Å². The summed E-state index contributed by atoms with van der Waals surface area (Å²) in [6.45, 7) is 0.561.